The Morgan fingerprint density at radius 2 is 2.00 bits per heavy atom. The molecule has 3 rings (SSSR count). The van der Waals surface area contributed by atoms with Crippen LogP contribution >= 0.6 is 0 Å². The summed E-state index contributed by atoms with van der Waals surface area (Å²) in [5.74, 6) is 0. The van der Waals surface area contributed by atoms with Crippen LogP contribution < -0.4 is 5.73 Å². The van der Waals surface area contributed by atoms with Crippen LogP contribution in [0.25, 0.3) is 10.9 Å². The maximum Gasteiger partial charge on any atom is 0.0843 e. The quantitative estimate of drug-likeness (QED) is 0.919. The van der Waals surface area contributed by atoms with Crippen LogP contribution in [0.15, 0.2) is 24.3 Å². The molecule has 0 atom stereocenters. The zero-order valence-corrected chi connectivity index (χ0v) is 13.2. The summed E-state index contributed by atoms with van der Waals surface area (Å²) in [6, 6.07) is 8.48. The molecule has 0 amide bonds. The monoisotopic (exact) mass is 286 g/mol. The minimum Gasteiger partial charge on any atom is -0.329 e. The topological polar surface area (TPSA) is 47.1 Å². The van der Waals surface area contributed by atoms with Crippen LogP contribution in [0.3, 0.4) is 0 Å². The number of hydrogen-bond acceptors (Lipinski definition) is 3. The van der Waals surface area contributed by atoms with Gasteiger partial charge in [0, 0.05) is 31.1 Å². The standard InChI is InChI=1S/C17H26N4/c1-3-21(17(13-18)10-6-7-11-17)12-15-14-8-4-5-9-16(14)20(2)19-15/h4-5,8-9H,3,6-7,10-13,18H2,1-2H3. The van der Waals surface area contributed by atoms with Gasteiger partial charge in [0.2, 0.25) is 0 Å². The van der Waals surface area contributed by atoms with Crippen molar-refractivity contribution in [1.29, 1.82) is 0 Å². The first-order chi connectivity index (χ1) is 10.2. The van der Waals surface area contributed by atoms with Crippen molar-refractivity contribution in [3.8, 4) is 0 Å². The molecule has 4 nitrogen and oxygen atoms in total. The van der Waals surface area contributed by atoms with Gasteiger partial charge in [-0.2, -0.15) is 5.10 Å². The van der Waals surface area contributed by atoms with Crippen molar-refractivity contribution in [1.82, 2.24) is 14.7 Å². The van der Waals surface area contributed by atoms with Gasteiger partial charge in [0.15, 0.2) is 0 Å². The van der Waals surface area contributed by atoms with E-state index in [1.807, 2.05) is 11.7 Å². The van der Waals surface area contributed by atoms with Gasteiger partial charge in [0.05, 0.1) is 11.2 Å². The number of aryl methyl sites for hydroxylation is 1. The highest BCUT2D eigenvalue weighted by Crippen LogP contribution is 2.35. The molecular formula is C17H26N4. The molecule has 1 aromatic heterocycles. The van der Waals surface area contributed by atoms with E-state index in [2.05, 4.69) is 36.1 Å². The van der Waals surface area contributed by atoms with Crippen molar-refractivity contribution >= 4 is 10.9 Å². The van der Waals surface area contributed by atoms with Gasteiger partial charge >= 0.3 is 0 Å². The number of aromatic nitrogens is 2. The number of likely N-dealkylation sites (N-methyl/N-ethyl adjacent to an activating group) is 1. The molecule has 1 saturated carbocycles. The summed E-state index contributed by atoms with van der Waals surface area (Å²) in [6.45, 7) is 4.92. The summed E-state index contributed by atoms with van der Waals surface area (Å²) in [7, 11) is 2.02. The average molecular weight is 286 g/mol. The molecule has 1 fully saturated rings. The van der Waals surface area contributed by atoms with Crippen molar-refractivity contribution in [2.45, 2.75) is 44.7 Å². The molecule has 0 spiro atoms. The first-order valence-electron chi connectivity index (χ1n) is 8.06. The van der Waals surface area contributed by atoms with Crippen LogP contribution in [0.1, 0.15) is 38.3 Å². The fourth-order valence-corrected chi connectivity index (χ4v) is 3.88. The highest BCUT2D eigenvalue weighted by Gasteiger charge is 2.37. The van der Waals surface area contributed by atoms with Gasteiger partial charge in [0.25, 0.3) is 0 Å². The van der Waals surface area contributed by atoms with E-state index in [-0.39, 0.29) is 5.54 Å². The predicted octanol–water partition coefficient (Wildman–Crippen LogP) is 2.67. The van der Waals surface area contributed by atoms with Gasteiger partial charge in [0.1, 0.15) is 0 Å². The lowest BCUT2D eigenvalue weighted by Crippen LogP contribution is -2.51. The molecule has 2 N–H and O–H groups in total. The Kier molecular flexibility index (Phi) is 4.00. The maximum atomic E-state index is 6.15. The van der Waals surface area contributed by atoms with Crippen LogP contribution in [-0.2, 0) is 13.6 Å². The average Bonchev–Trinajstić information content (AvgIpc) is 3.11. The smallest absolute Gasteiger partial charge is 0.0843 e. The summed E-state index contributed by atoms with van der Waals surface area (Å²) in [4.78, 5) is 2.55. The predicted molar refractivity (Wildman–Crippen MR) is 87.1 cm³/mol. The number of benzene rings is 1. The lowest BCUT2D eigenvalue weighted by Gasteiger charge is -2.39. The summed E-state index contributed by atoms with van der Waals surface area (Å²) >= 11 is 0. The molecule has 1 heterocycles. The van der Waals surface area contributed by atoms with E-state index >= 15 is 0 Å². The molecule has 0 saturated heterocycles. The molecule has 0 bridgehead atoms. The molecule has 21 heavy (non-hydrogen) atoms. The van der Waals surface area contributed by atoms with E-state index in [1.54, 1.807) is 0 Å². The highest BCUT2D eigenvalue weighted by atomic mass is 15.3. The Bertz CT molecular complexity index is 610. The van der Waals surface area contributed by atoms with Crippen molar-refractivity contribution in [3.63, 3.8) is 0 Å². The zero-order valence-electron chi connectivity index (χ0n) is 13.2. The third-order valence-corrected chi connectivity index (χ3v) is 5.14. The van der Waals surface area contributed by atoms with Crippen LogP contribution in [0, 0.1) is 0 Å². The minimum atomic E-state index is 0.188. The molecular weight excluding hydrogens is 260 g/mol. The third kappa shape index (κ3) is 2.47. The Morgan fingerprint density at radius 3 is 2.67 bits per heavy atom. The van der Waals surface area contributed by atoms with Crippen LogP contribution in [-0.4, -0.2) is 33.3 Å². The van der Waals surface area contributed by atoms with Crippen molar-refractivity contribution < 1.29 is 0 Å². The van der Waals surface area contributed by atoms with Crippen LogP contribution in [0.5, 0.6) is 0 Å². The molecule has 2 aromatic rings. The largest absolute Gasteiger partial charge is 0.329 e. The normalized spacial score (nSPS) is 17.9. The van der Waals surface area contributed by atoms with E-state index < -0.39 is 0 Å². The highest BCUT2D eigenvalue weighted by molar-refractivity contribution is 5.81. The van der Waals surface area contributed by atoms with Gasteiger partial charge < -0.3 is 5.73 Å². The van der Waals surface area contributed by atoms with Gasteiger partial charge in [-0.3, -0.25) is 9.58 Å². The second-order valence-corrected chi connectivity index (χ2v) is 6.24. The number of rotatable bonds is 5. The van der Waals surface area contributed by atoms with Gasteiger partial charge in [-0.25, -0.2) is 0 Å². The fourth-order valence-electron chi connectivity index (χ4n) is 3.88. The number of hydrogen-bond donors (Lipinski definition) is 1. The second kappa shape index (κ2) is 5.78. The summed E-state index contributed by atoms with van der Waals surface area (Å²) in [5.41, 5.74) is 8.72. The third-order valence-electron chi connectivity index (χ3n) is 5.14. The minimum absolute atomic E-state index is 0.188. The molecule has 1 aromatic carbocycles. The molecule has 1 aliphatic carbocycles. The van der Waals surface area contributed by atoms with E-state index in [0.717, 1.165) is 19.6 Å². The Hall–Kier alpha value is -1.39. The molecule has 0 aliphatic heterocycles. The number of nitrogens with zero attached hydrogens (tertiary/aromatic N) is 3. The van der Waals surface area contributed by atoms with Crippen molar-refractivity contribution in [2.75, 3.05) is 13.1 Å². The Labute approximate surface area is 126 Å². The summed E-state index contributed by atoms with van der Waals surface area (Å²) in [5, 5.41) is 6.02. The Morgan fingerprint density at radius 1 is 1.29 bits per heavy atom. The van der Waals surface area contributed by atoms with Crippen molar-refractivity contribution in [3.05, 3.63) is 30.0 Å². The SMILES string of the molecule is CCN(Cc1nn(C)c2ccccc12)C1(CN)CCCC1. The number of fused-ring (bicyclic) bond motifs is 1. The summed E-state index contributed by atoms with van der Waals surface area (Å²) < 4.78 is 1.99. The van der Waals surface area contributed by atoms with E-state index in [1.165, 1.54) is 42.3 Å². The Balaban J connectivity index is 1.92. The molecule has 1 aliphatic rings. The molecule has 114 valence electrons. The van der Waals surface area contributed by atoms with Gasteiger partial charge in [-0.1, -0.05) is 38.0 Å². The molecule has 4 heteroatoms. The van der Waals surface area contributed by atoms with E-state index in [0.29, 0.717) is 0 Å². The van der Waals surface area contributed by atoms with Crippen LogP contribution in [0.2, 0.25) is 0 Å². The van der Waals surface area contributed by atoms with Gasteiger partial charge in [-0.15, -0.1) is 0 Å². The maximum absolute atomic E-state index is 6.15. The van der Waals surface area contributed by atoms with Crippen molar-refractivity contribution in [2.24, 2.45) is 12.8 Å². The first-order valence-corrected chi connectivity index (χ1v) is 8.06. The molecule has 0 unspecified atom stereocenters. The lowest BCUT2D eigenvalue weighted by molar-refractivity contribution is 0.0959. The fraction of sp³-hybridized carbons (Fsp3) is 0.588. The van der Waals surface area contributed by atoms with E-state index in [9.17, 15) is 0 Å². The van der Waals surface area contributed by atoms with E-state index in [4.69, 9.17) is 10.8 Å². The lowest BCUT2D eigenvalue weighted by atomic mass is 9.94. The van der Waals surface area contributed by atoms with Gasteiger partial charge in [-0.05, 0) is 25.5 Å². The number of para-hydroxylation sites is 1. The van der Waals surface area contributed by atoms with Crippen LogP contribution in [0.4, 0.5) is 0 Å². The second-order valence-electron chi connectivity index (χ2n) is 6.24. The first kappa shape index (κ1) is 14.5. The molecule has 0 radical (unpaired) electrons. The number of nitrogens with two attached hydrogens (primary N) is 1. The zero-order chi connectivity index (χ0) is 14.9. The summed E-state index contributed by atoms with van der Waals surface area (Å²) in [6.07, 6.45) is 5.05.